The average Bonchev–Trinajstić information content (AvgIpc) is 2.27. The molecule has 0 aromatic rings. The summed E-state index contributed by atoms with van der Waals surface area (Å²) < 4.78 is 4.88. The van der Waals surface area contributed by atoms with Crippen molar-refractivity contribution in [1.82, 2.24) is 0 Å². The fourth-order valence-electron chi connectivity index (χ4n) is 1.27. The van der Waals surface area contributed by atoms with Gasteiger partial charge in [-0.3, -0.25) is 0 Å². The van der Waals surface area contributed by atoms with Gasteiger partial charge in [0.25, 0.3) is 0 Å². The second kappa shape index (κ2) is 10.2. The van der Waals surface area contributed by atoms with Crippen molar-refractivity contribution in [3.8, 4) is 11.8 Å². The van der Waals surface area contributed by atoms with Crippen molar-refractivity contribution in [3.05, 3.63) is 10.6 Å². The van der Waals surface area contributed by atoms with Crippen molar-refractivity contribution in [2.45, 2.75) is 52.9 Å². The first-order valence-electron chi connectivity index (χ1n) is 6.15. The molecule has 0 N–H and O–H groups in total. The van der Waals surface area contributed by atoms with E-state index in [1.54, 1.807) is 13.8 Å². The number of carbonyl (C=O) groups excluding carboxylic acids is 1. The summed E-state index contributed by atoms with van der Waals surface area (Å²) in [6.45, 7) is 5.92. The third kappa shape index (κ3) is 7.88. The molecule has 0 rings (SSSR count). The molecule has 96 valence electrons. The molecule has 0 radical (unpaired) electrons. The van der Waals surface area contributed by atoms with Gasteiger partial charge in [0, 0.05) is 11.5 Å². The minimum atomic E-state index is -0.430. The van der Waals surface area contributed by atoms with E-state index in [2.05, 4.69) is 18.8 Å². The Labute approximate surface area is 109 Å². The molecular weight excluding hydrogens is 236 g/mol. The van der Waals surface area contributed by atoms with Crippen LogP contribution in [-0.4, -0.2) is 12.6 Å². The molecular formula is C14H21ClO2. The fourth-order valence-corrected chi connectivity index (χ4v) is 1.40. The van der Waals surface area contributed by atoms with Gasteiger partial charge in [-0.25, -0.2) is 4.79 Å². The molecule has 0 aliphatic carbocycles. The van der Waals surface area contributed by atoms with Crippen LogP contribution >= 0.6 is 11.6 Å². The smallest absolute Gasteiger partial charge is 0.347 e. The molecule has 0 aromatic carbocycles. The highest BCUT2D eigenvalue weighted by Crippen LogP contribution is 2.10. The Morgan fingerprint density at radius 2 is 1.94 bits per heavy atom. The predicted octanol–water partition coefficient (Wildman–Crippen LogP) is 4.04. The van der Waals surface area contributed by atoms with E-state index < -0.39 is 5.97 Å². The van der Waals surface area contributed by atoms with Crippen molar-refractivity contribution in [2.75, 3.05) is 6.61 Å². The summed E-state index contributed by atoms with van der Waals surface area (Å²) in [6.07, 6.45) is 5.49. The average molecular weight is 257 g/mol. The monoisotopic (exact) mass is 256 g/mol. The summed E-state index contributed by atoms with van der Waals surface area (Å²) in [5, 5.41) is 0.393. The summed E-state index contributed by atoms with van der Waals surface area (Å²) in [7, 11) is 0. The van der Waals surface area contributed by atoms with Crippen LogP contribution in [0, 0.1) is 11.8 Å². The highest BCUT2D eigenvalue weighted by atomic mass is 35.5. The van der Waals surface area contributed by atoms with Gasteiger partial charge in [-0.1, -0.05) is 49.6 Å². The quantitative estimate of drug-likeness (QED) is 0.310. The van der Waals surface area contributed by atoms with Crippen LogP contribution in [0.15, 0.2) is 10.6 Å². The molecule has 0 aliphatic rings. The highest BCUT2D eigenvalue weighted by Gasteiger charge is 2.10. The molecule has 0 spiro atoms. The topological polar surface area (TPSA) is 26.3 Å². The van der Waals surface area contributed by atoms with Gasteiger partial charge in [0.15, 0.2) is 0 Å². The standard InChI is InChI=1S/C14H21ClO2/c1-4-6-7-8-9-10-11-13(12(3)15)14(16)17-5-2/h4-9H2,1-3H3/b13-12-. The first-order valence-corrected chi connectivity index (χ1v) is 6.53. The summed E-state index contributed by atoms with van der Waals surface area (Å²) in [6, 6.07) is 0. The summed E-state index contributed by atoms with van der Waals surface area (Å²) in [5.74, 6) is 5.35. The molecule has 0 fully saturated rings. The molecule has 0 unspecified atom stereocenters. The first kappa shape index (κ1) is 16.1. The van der Waals surface area contributed by atoms with Gasteiger partial charge in [-0.2, -0.15) is 0 Å². The van der Waals surface area contributed by atoms with E-state index in [0.29, 0.717) is 11.6 Å². The molecule has 2 nitrogen and oxygen atoms in total. The molecule has 17 heavy (non-hydrogen) atoms. The Kier molecular flexibility index (Phi) is 9.66. The molecule has 0 amide bonds. The summed E-state index contributed by atoms with van der Waals surface area (Å²) >= 11 is 5.81. The molecule has 0 bridgehead atoms. The number of hydrogen-bond acceptors (Lipinski definition) is 2. The lowest BCUT2D eigenvalue weighted by Gasteiger charge is -2.01. The van der Waals surface area contributed by atoms with Gasteiger partial charge in [-0.15, -0.1) is 0 Å². The first-order chi connectivity index (χ1) is 8.13. The second-order valence-corrected chi connectivity index (χ2v) is 4.31. The molecule has 0 aromatic heterocycles. The minimum Gasteiger partial charge on any atom is -0.462 e. The largest absolute Gasteiger partial charge is 0.462 e. The van der Waals surface area contributed by atoms with Crippen LogP contribution in [0.3, 0.4) is 0 Å². The maximum absolute atomic E-state index is 11.5. The minimum absolute atomic E-state index is 0.281. The number of carbonyl (C=O) groups is 1. The predicted molar refractivity (Wildman–Crippen MR) is 71.7 cm³/mol. The number of hydrogen-bond donors (Lipinski definition) is 0. The second-order valence-electron chi connectivity index (χ2n) is 3.74. The molecule has 0 aliphatic heterocycles. The third-order valence-corrected chi connectivity index (χ3v) is 2.38. The summed E-state index contributed by atoms with van der Waals surface area (Å²) in [5.41, 5.74) is 0.281. The van der Waals surface area contributed by atoms with Crippen molar-refractivity contribution >= 4 is 17.6 Å². The zero-order valence-corrected chi connectivity index (χ0v) is 11.7. The number of esters is 1. The van der Waals surface area contributed by atoms with Gasteiger partial charge in [0.1, 0.15) is 5.57 Å². The van der Waals surface area contributed by atoms with E-state index in [1.807, 2.05) is 0 Å². The lowest BCUT2D eigenvalue weighted by molar-refractivity contribution is -0.138. The van der Waals surface area contributed by atoms with Crippen LogP contribution < -0.4 is 0 Å². The van der Waals surface area contributed by atoms with Crippen LogP contribution in [0.5, 0.6) is 0 Å². The van der Waals surface area contributed by atoms with Gasteiger partial charge in [0.05, 0.1) is 6.61 Å². The number of ether oxygens (including phenoxy) is 1. The van der Waals surface area contributed by atoms with Crippen LogP contribution in [0.2, 0.25) is 0 Å². The van der Waals surface area contributed by atoms with Crippen LogP contribution in [0.25, 0.3) is 0 Å². The fraction of sp³-hybridized carbons (Fsp3) is 0.643. The number of rotatable bonds is 6. The van der Waals surface area contributed by atoms with Crippen LogP contribution in [0.1, 0.15) is 52.9 Å². The molecule has 0 atom stereocenters. The van der Waals surface area contributed by atoms with Gasteiger partial charge in [0.2, 0.25) is 0 Å². The number of unbranched alkanes of at least 4 members (excludes halogenated alkanes) is 4. The maximum Gasteiger partial charge on any atom is 0.347 e. The van der Waals surface area contributed by atoms with E-state index in [1.165, 1.54) is 19.3 Å². The van der Waals surface area contributed by atoms with Crippen molar-refractivity contribution < 1.29 is 9.53 Å². The maximum atomic E-state index is 11.5. The lowest BCUT2D eigenvalue weighted by atomic mass is 10.1. The third-order valence-electron chi connectivity index (χ3n) is 2.19. The van der Waals surface area contributed by atoms with Crippen LogP contribution in [-0.2, 0) is 9.53 Å². The number of halogens is 1. The SMILES string of the molecule is CCCCCCC#C/C(C(=O)OCC)=C(\C)Cl. The normalized spacial score (nSPS) is 11.3. The Morgan fingerprint density at radius 3 is 2.47 bits per heavy atom. The van der Waals surface area contributed by atoms with E-state index in [-0.39, 0.29) is 5.57 Å². The number of allylic oxidation sites excluding steroid dienone is 1. The van der Waals surface area contributed by atoms with Gasteiger partial charge >= 0.3 is 5.97 Å². The Hall–Kier alpha value is -0.940. The van der Waals surface area contributed by atoms with Gasteiger partial charge < -0.3 is 4.74 Å². The lowest BCUT2D eigenvalue weighted by Crippen LogP contribution is -2.07. The Balaban J connectivity index is 4.24. The zero-order valence-electron chi connectivity index (χ0n) is 10.9. The molecule has 0 saturated heterocycles. The van der Waals surface area contributed by atoms with E-state index in [0.717, 1.165) is 12.8 Å². The molecule has 0 saturated carbocycles. The van der Waals surface area contributed by atoms with E-state index in [9.17, 15) is 4.79 Å². The van der Waals surface area contributed by atoms with Crippen molar-refractivity contribution in [2.24, 2.45) is 0 Å². The molecule has 3 heteroatoms. The Bertz CT molecular complexity index is 317. The summed E-state index contributed by atoms with van der Waals surface area (Å²) in [4.78, 5) is 11.5. The van der Waals surface area contributed by atoms with E-state index in [4.69, 9.17) is 16.3 Å². The zero-order chi connectivity index (χ0) is 13.1. The van der Waals surface area contributed by atoms with Gasteiger partial charge in [-0.05, 0) is 20.3 Å². The van der Waals surface area contributed by atoms with Crippen molar-refractivity contribution in [1.29, 1.82) is 0 Å². The molecule has 0 heterocycles. The van der Waals surface area contributed by atoms with Crippen molar-refractivity contribution in [3.63, 3.8) is 0 Å². The van der Waals surface area contributed by atoms with Crippen LogP contribution in [0.4, 0.5) is 0 Å². The van der Waals surface area contributed by atoms with E-state index >= 15 is 0 Å². The highest BCUT2D eigenvalue weighted by molar-refractivity contribution is 6.31. The Morgan fingerprint density at radius 1 is 1.24 bits per heavy atom.